The van der Waals surface area contributed by atoms with Gasteiger partial charge < -0.3 is 10.1 Å². The molecule has 0 unspecified atom stereocenters. The molecule has 90 valence electrons. The molecule has 3 nitrogen and oxygen atoms in total. The van der Waals surface area contributed by atoms with Crippen molar-refractivity contribution < 1.29 is 15.3 Å². The van der Waals surface area contributed by atoms with E-state index in [1.165, 1.54) is 13.2 Å². The van der Waals surface area contributed by atoms with Crippen LogP contribution in [0.1, 0.15) is 20.3 Å². The first-order chi connectivity index (χ1) is 7.67. The standard InChI is InChI=1S/C12H16FNO2.H2/c1-3-10(15)8-14-7-9-4-5-12(16-2)11(13)6-9;/h4-6,14H,3,7-8H2,1-2H3;1H. The molecule has 1 rings (SSSR count). The second-order valence-corrected chi connectivity index (χ2v) is 3.46. The van der Waals surface area contributed by atoms with E-state index >= 15 is 0 Å². The zero-order valence-electron chi connectivity index (χ0n) is 9.55. The first-order valence-corrected chi connectivity index (χ1v) is 5.22. The van der Waals surface area contributed by atoms with E-state index in [1.807, 2.05) is 6.92 Å². The molecule has 0 aliphatic heterocycles. The lowest BCUT2D eigenvalue weighted by molar-refractivity contribution is -0.117. The average Bonchev–Trinajstić information content (AvgIpc) is 2.29. The summed E-state index contributed by atoms with van der Waals surface area (Å²) in [6.45, 7) is 2.62. The van der Waals surface area contributed by atoms with Crippen LogP contribution in [0.3, 0.4) is 0 Å². The Balaban J connectivity index is 0.00000256. The first-order valence-electron chi connectivity index (χ1n) is 5.22. The Bertz CT molecular complexity index is 372. The van der Waals surface area contributed by atoms with Crippen LogP contribution in [0.4, 0.5) is 4.39 Å². The fourth-order valence-corrected chi connectivity index (χ4v) is 1.29. The van der Waals surface area contributed by atoms with Crippen molar-refractivity contribution in [1.82, 2.24) is 5.32 Å². The molecule has 0 radical (unpaired) electrons. The number of ether oxygens (including phenoxy) is 1. The van der Waals surface area contributed by atoms with Gasteiger partial charge in [0.25, 0.3) is 0 Å². The summed E-state index contributed by atoms with van der Waals surface area (Å²) in [4.78, 5) is 11.0. The van der Waals surface area contributed by atoms with Crippen LogP contribution in [0.2, 0.25) is 0 Å². The summed E-state index contributed by atoms with van der Waals surface area (Å²) in [5.74, 6) is -0.00835. The number of methoxy groups -OCH3 is 1. The molecule has 0 bridgehead atoms. The lowest BCUT2D eigenvalue weighted by atomic mass is 10.2. The zero-order valence-corrected chi connectivity index (χ0v) is 9.55. The number of rotatable bonds is 6. The third-order valence-corrected chi connectivity index (χ3v) is 2.26. The molecule has 1 aromatic rings. The molecule has 0 fully saturated rings. The maximum absolute atomic E-state index is 13.3. The topological polar surface area (TPSA) is 38.3 Å². The normalized spacial score (nSPS) is 10.2. The zero-order chi connectivity index (χ0) is 12.0. The van der Waals surface area contributed by atoms with E-state index in [1.54, 1.807) is 12.1 Å². The number of benzene rings is 1. The molecule has 0 aliphatic rings. The number of ketones is 1. The lowest BCUT2D eigenvalue weighted by Gasteiger charge is -2.06. The number of hydrogen-bond donors (Lipinski definition) is 1. The first kappa shape index (κ1) is 12.6. The van der Waals surface area contributed by atoms with Crippen molar-refractivity contribution in [2.24, 2.45) is 0 Å². The quantitative estimate of drug-likeness (QED) is 0.809. The molecular formula is C12H18FNO2. The van der Waals surface area contributed by atoms with Gasteiger partial charge in [0.05, 0.1) is 13.7 Å². The van der Waals surface area contributed by atoms with Gasteiger partial charge in [-0.1, -0.05) is 13.0 Å². The SMILES string of the molecule is CCC(=O)CNCc1ccc(OC)c(F)c1.[HH]. The van der Waals surface area contributed by atoms with E-state index in [0.717, 1.165) is 5.56 Å². The van der Waals surface area contributed by atoms with Crippen molar-refractivity contribution in [3.05, 3.63) is 29.6 Å². The Morgan fingerprint density at radius 1 is 1.56 bits per heavy atom. The number of Topliss-reactive ketones (excluding diaryl/α,β-unsaturated/α-hetero) is 1. The largest absolute Gasteiger partial charge is 0.494 e. The molecule has 0 aliphatic carbocycles. The molecule has 0 amide bonds. The minimum absolute atomic E-state index is 0. The molecule has 0 saturated heterocycles. The Kier molecular flexibility index (Phi) is 4.92. The van der Waals surface area contributed by atoms with Crippen molar-refractivity contribution in [1.29, 1.82) is 0 Å². The van der Waals surface area contributed by atoms with Gasteiger partial charge in [-0.25, -0.2) is 4.39 Å². The average molecular weight is 227 g/mol. The van der Waals surface area contributed by atoms with Gasteiger partial charge in [-0.3, -0.25) is 4.79 Å². The van der Waals surface area contributed by atoms with Gasteiger partial charge in [0.1, 0.15) is 5.78 Å². The van der Waals surface area contributed by atoms with Crippen LogP contribution in [0.15, 0.2) is 18.2 Å². The van der Waals surface area contributed by atoms with Crippen molar-refractivity contribution in [2.45, 2.75) is 19.9 Å². The second-order valence-electron chi connectivity index (χ2n) is 3.46. The summed E-state index contributed by atoms with van der Waals surface area (Å²) >= 11 is 0. The highest BCUT2D eigenvalue weighted by Gasteiger charge is 2.03. The van der Waals surface area contributed by atoms with E-state index in [-0.39, 0.29) is 18.8 Å². The van der Waals surface area contributed by atoms with Crippen LogP contribution < -0.4 is 10.1 Å². The van der Waals surface area contributed by atoms with E-state index in [0.29, 0.717) is 19.5 Å². The minimum Gasteiger partial charge on any atom is -0.494 e. The number of halogens is 1. The second kappa shape index (κ2) is 6.23. The number of carbonyl (C=O) groups is 1. The molecule has 1 aromatic carbocycles. The summed E-state index contributed by atoms with van der Waals surface area (Å²) in [6, 6.07) is 4.75. The molecule has 1 N–H and O–H groups in total. The smallest absolute Gasteiger partial charge is 0.165 e. The Morgan fingerprint density at radius 2 is 2.31 bits per heavy atom. The number of carbonyl (C=O) groups excluding carboxylic acids is 1. The van der Waals surface area contributed by atoms with Crippen molar-refractivity contribution in [3.8, 4) is 5.75 Å². The third-order valence-electron chi connectivity index (χ3n) is 2.26. The van der Waals surface area contributed by atoms with Gasteiger partial charge in [0.2, 0.25) is 0 Å². The molecule has 0 spiro atoms. The van der Waals surface area contributed by atoms with E-state index in [4.69, 9.17) is 4.74 Å². The van der Waals surface area contributed by atoms with E-state index < -0.39 is 0 Å². The van der Waals surface area contributed by atoms with Gasteiger partial charge in [-0.05, 0) is 17.7 Å². The molecule has 16 heavy (non-hydrogen) atoms. The lowest BCUT2D eigenvalue weighted by Crippen LogP contribution is -2.21. The van der Waals surface area contributed by atoms with Crippen LogP contribution >= 0.6 is 0 Å². The molecule has 0 aromatic heterocycles. The monoisotopic (exact) mass is 227 g/mol. The van der Waals surface area contributed by atoms with E-state index in [2.05, 4.69) is 5.32 Å². The highest BCUT2D eigenvalue weighted by molar-refractivity contribution is 5.80. The summed E-state index contributed by atoms with van der Waals surface area (Å²) in [5.41, 5.74) is 0.794. The van der Waals surface area contributed by atoms with Gasteiger partial charge in [0.15, 0.2) is 11.6 Å². The molecule has 0 saturated carbocycles. The summed E-state index contributed by atoms with van der Waals surface area (Å²) < 4.78 is 18.1. The number of hydrogen-bond acceptors (Lipinski definition) is 3. The van der Waals surface area contributed by atoms with Crippen LogP contribution in [-0.4, -0.2) is 19.4 Å². The van der Waals surface area contributed by atoms with E-state index in [9.17, 15) is 9.18 Å². The molecule has 0 atom stereocenters. The summed E-state index contributed by atoms with van der Waals surface area (Å²) in [7, 11) is 1.43. The van der Waals surface area contributed by atoms with Crippen LogP contribution in [0.5, 0.6) is 5.75 Å². The highest BCUT2D eigenvalue weighted by atomic mass is 19.1. The van der Waals surface area contributed by atoms with Gasteiger partial charge in [0, 0.05) is 14.4 Å². The minimum atomic E-state index is -0.386. The fraction of sp³-hybridized carbons (Fsp3) is 0.417. The van der Waals surface area contributed by atoms with Crippen molar-refractivity contribution >= 4 is 5.78 Å². The maximum atomic E-state index is 13.3. The predicted octanol–water partition coefficient (Wildman–Crippen LogP) is 2.15. The molecular weight excluding hydrogens is 209 g/mol. The predicted molar refractivity (Wildman–Crippen MR) is 62.1 cm³/mol. The van der Waals surface area contributed by atoms with Crippen LogP contribution in [0, 0.1) is 5.82 Å². The molecule has 4 heteroatoms. The Hall–Kier alpha value is -1.42. The summed E-state index contributed by atoms with van der Waals surface area (Å²) in [5, 5.41) is 2.96. The van der Waals surface area contributed by atoms with Gasteiger partial charge >= 0.3 is 0 Å². The summed E-state index contributed by atoms with van der Waals surface area (Å²) in [6.07, 6.45) is 0.518. The highest BCUT2D eigenvalue weighted by Crippen LogP contribution is 2.17. The maximum Gasteiger partial charge on any atom is 0.165 e. The number of nitrogens with one attached hydrogen (secondary N) is 1. The fourth-order valence-electron chi connectivity index (χ4n) is 1.29. The third kappa shape index (κ3) is 3.62. The van der Waals surface area contributed by atoms with Crippen molar-refractivity contribution in [2.75, 3.05) is 13.7 Å². The van der Waals surface area contributed by atoms with Crippen molar-refractivity contribution in [3.63, 3.8) is 0 Å². The molecule has 0 heterocycles. The van der Waals surface area contributed by atoms with Gasteiger partial charge in [-0.15, -0.1) is 0 Å². The van der Waals surface area contributed by atoms with Crippen LogP contribution in [-0.2, 0) is 11.3 Å². The van der Waals surface area contributed by atoms with Gasteiger partial charge in [-0.2, -0.15) is 0 Å². The Labute approximate surface area is 96.1 Å². The Morgan fingerprint density at radius 3 is 2.88 bits per heavy atom. The van der Waals surface area contributed by atoms with Crippen LogP contribution in [0.25, 0.3) is 0 Å².